The summed E-state index contributed by atoms with van der Waals surface area (Å²) in [5.74, 6) is 1.77. The summed E-state index contributed by atoms with van der Waals surface area (Å²) in [6.07, 6.45) is 0. The van der Waals surface area contributed by atoms with E-state index in [1.165, 1.54) is 0 Å². The number of aliphatic hydroxyl groups excluding tert-OH is 1. The second-order valence-electron chi connectivity index (χ2n) is 2.96. The molecule has 0 amide bonds. The standard InChI is InChI=1S/C9H17N3O2S/c1-3-12-8(2)10-11-9(12)15-7-6-14-5-4-13/h13H,3-7H2,1-2H3. The molecule has 0 spiro atoms. The minimum Gasteiger partial charge on any atom is -0.394 e. The molecule has 1 N–H and O–H groups in total. The van der Waals surface area contributed by atoms with Gasteiger partial charge < -0.3 is 14.4 Å². The van der Waals surface area contributed by atoms with Crippen LogP contribution in [0.1, 0.15) is 12.7 Å². The lowest BCUT2D eigenvalue weighted by Crippen LogP contribution is -2.04. The molecule has 0 aliphatic heterocycles. The number of rotatable bonds is 7. The summed E-state index contributed by atoms with van der Waals surface area (Å²) in [6, 6.07) is 0. The maximum absolute atomic E-state index is 8.51. The highest BCUT2D eigenvalue weighted by Gasteiger charge is 2.06. The van der Waals surface area contributed by atoms with Crippen molar-refractivity contribution in [2.24, 2.45) is 0 Å². The Balaban J connectivity index is 2.30. The smallest absolute Gasteiger partial charge is 0.191 e. The van der Waals surface area contributed by atoms with E-state index in [0.29, 0.717) is 13.2 Å². The van der Waals surface area contributed by atoms with Crippen molar-refractivity contribution in [3.05, 3.63) is 5.82 Å². The van der Waals surface area contributed by atoms with Crippen LogP contribution in [0.5, 0.6) is 0 Å². The second-order valence-corrected chi connectivity index (χ2v) is 4.02. The number of aryl methyl sites for hydroxylation is 1. The summed E-state index contributed by atoms with van der Waals surface area (Å²) in [5.41, 5.74) is 0. The van der Waals surface area contributed by atoms with Crippen LogP contribution in [0.4, 0.5) is 0 Å². The number of nitrogens with zero attached hydrogens (tertiary/aromatic N) is 3. The molecule has 0 fully saturated rings. The fraction of sp³-hybridized carbons (Fsp3) is 0.778. The van der Waals surface area contributed by atoms with Gasteiger partial charge in [0.25, 0.3) is 0 Å². The number of hydrogen-bond acceptors (Lipinski definition) is 5. The van der Waals surface area contributed by atoms with Gasteiger partial charge in [-0.15, -0.1) is 10.2 Å². The van der Waals surface area contributed by atoms with Crippen molar-refractivity contribution in [2.75, 3.05) is 25.6 Å². The van der Waals surface area contributed by atoms with Gasteiger partial charge in [0.2, 0.25) is 0 Å². The van der Waals surface area contributed by atoms with Gasteiger partial charge in [-0.25, -0.2) is 0 Å². The average Bonchev–Trinajstić information content (AvgIpc) is 2.59. The number of ether oxygens (including phenoxy) is 1. The van der Waals surface area contributed by atoms with Crippen LogP contribution in [0.3, 0.4) is 0 Å². The molecule has 0 atom stereocenters. The molecule has 0 radical (unpaired) electrons. The summed E-state index contributed by atoms with van der Waals surface area (Å²) < 4.78 is 7.22. The molecule has 0 aromatic carbocycles. The summed E-state index contributed by atoms with van der Waals surface area (Å²) in [4.78, 5) is 0. The summed E-state index contributed by atoms with van der Waals surface area (Å²) in [5, 5.41) is 17.5. The first-order valence-electron chi connectivity index (χ1n) is 5.00. The zero-order valence-electron chi connectivity index (χ0n) is 9.14. The zero-order valence-corrected chi connectivity index (χ0v) is 9.96. The number of aromatic nitrogens is 3. The third-order valence-electron chi connectivity index (χ3n) is 1.91. The third kappa shape index (κ3) is 3.81. The first-order chi connectivity index (χ1) is 7.29. The average molecular weight is 231 g/mol. The Morgan fingerprint density at radius 1 is 1.40 bits per heavy atom. The van der Waals surface area contributed by atoms with Gasteiger partial charge in [-0.1, -0.05) is 11.8 Å². The zero-order chi connectivity index (χ0) is 11.1. The fourth-order valence-corrected chi connectivity index (χ4v) is 2.09. The molecule has 1 rings (SSSR count). The minimum atomic E-state index is 0.0783. The van der Waals surface area contributed by atoms with Crippen LogP contribution in [-0.2, 0) is 11.3 Å². The van der Waals surface area contributed by atoms with E-state index in [1.54, 1.807) is 11.8 Å². The predicted molar refractivity (Wildman–Crippen MR) is 59.1 cm³/mol. The van der Waals surface area contributed by atoms with E-state index >= 15 is 0 Å². The molecule has 1 aromatic heterocycles. The van der Waals surface area contributed by atoms with Crippen LogP contribution < -0.4 is 0 Å². The Hall–Kier alpha value is -0.590. The first kappa shape index (κ1) is 12.5. The maximum atomic E-state index is 8.51. The van der Waals surface area contributed by atoms with E-state index in [9.17, 15) is 0 Å². The Kier molecular flexibility index (Phi) is 5.67. The molecule has 86 valence electrons. The number of hydrogen-bond donors (Lipinski definition) is 1. The Morgan fingerprint density at radius 3 is 2.87 bits per heavy atom. The lowest BCUT2D eigenvalue weighted by atomic mass is 10.6. The van der Waals surface area contributed by atoms with E-state index in [-0.39, 0.29) is 6.61 Å². The van der Waals surface area contributed by atoms with E-state index in [2.05, 4.69) is 21.7 Å². The van der Waals surface area contributed by atoms with Gasteiger partial charge in [-0.2, -0.15) is 0 Å². The number of aliphatic hydroxyl groups is 1. The second kappa shape index (κ2) is 6.81. The Bertz CT molecular complexity index is 291. The summed E-state index contributed by atoms with van der Waals surface area (Å²) in [6.45, 7) is 6.01. The van der Waals surface area contributed by atoms with E-state index in [4.69, 9.17) is 9.84 Å². The monoisotopic (exact) mass is 231 g/mol. The minimum absolute atomic E-state index is 0.0783. The molecule has 0 aliphatic carbocycles. The molecule has 1 heterocycles. The van der Waals surface area contributed by atoms with Gasteiger partial charge in [0.1, 0.15) is 5.82 Å². The van der Waals surface area contributed by atoms with Crippen molar-refractivity contribution in [2.45, 2.75) is 25.5 Å². The molecule has 0 saturated heterocycles. The van der Waals surface area contributed by atoms with Crippen molar-refractivity contribution < 1.29 is 9.84 Å². The van der Waals surface area contributed by atoms with Crippen molar-refractivity contribution in [1.82, 2.24) is 14.8 Å². The third-order valence-corrected chi connectivity index (χ3v) is 2.84. The van der Waals surface area contributed by atoms with Crippen LogP contribution in [-0.4, -0.2) is 45.4 Å². The van der Waals surface area contributed by atoms with E-state index in [1.807, 2.05) is 6.92 Å². The van der Waals surface area contributed by atoms with Gasteiger partial charge in [0.15, 0.2) is 5.16 Å². The van der Waals surface area contributed by atoms with Gasteiger partial charge in [0, 0.05) is 12.3 Å². The van der Waals surface area contributed by atoms with Gasteiger partial charge in [-0.05, 0) is 13.8 Å². The highest BCUT2D eigenvalue weighted by atomic mass is 32.2. The molecule has 1 aromatic rings. The van der Waals surface area contributed by atoms with Crippen LogP contribution in [0.25, 0.3) is 0 Å². The van der Waals surface area contributed by atoms with Gasteiger partial charge in [-0.3, -0.25) is 0 Å². The van der Waals surface area contributed by atoms with Crippen LogP contribution >= 0.6 is 11.8 Å². The molecular formula is C9H17N3O2S. The molecule has 6 heteroatoms. The lowest BCUT2D eigenvalue weighted by Gasteiger charge is -2.04. The van der Waals surface area contributed by atoms with Crippen LogP contribution in [0.15, 0.2) is 5.16 Å². The number of thioether (sulfide) groups is 1. The van der Waals surface area contributed by atoms with Crippen molar-refractivity contribution >= 4 is 11.8 Å². The lowest BCUT2D eigenvalue weighted by molar-refractivity contribution is 0.103. The maximum Gasteiger partial charge on any atom is 0.191 e. The highest BCUT2D eigenvalue weighted by molar-refractivity contribution is 7.99. The largest absolute Gasteiger partial charge is 0.394 e. The van der Waals surface area contributed by atoms with Crippen molar-refractivity contribution in [1.29, 1.82) is 0 Å². The van der Waals surface area contributed by atoms with Gasteiger partial charge in [0.05, 0.1) is 19.8 Å². The topological polar surface area (TPSA) is 60.2 Å². The predicted octanol–water partition coefficient (Wildman–Crippen LogP) is 0.707. The van der Waals surface area contributed by atoms with Crippen LogP contribution in [0, 0.1) is 6.92 Å². The quantitative estimate of drug-likeness (QED) is 0.553. The molecular weight excluding hydrogens is 214 g/mol. The normalized spacial score (nSPS) is 10.9. The molecule has 5 nitrogen and oxygen atoms in total. The molecule has 0 bridgehead atoms. The molecule has 0 saturated carbocycles. The van der Waals surface area contributed by atoms with E-state index < -0.39 is 0 Å². The van der Waals surface area contributed by atoms with Crippen molar-refractivity contribution in [3.8, 4) is 0 Å². The summed E-state index contributed by atoms with van der Waals surface area (Å²) in [7, 11) is 0. The SMILES string of the molecule is CCn1c(C)nnc1SCCOCCO. The van der Waals surface area contributed by atoms with E-state index in [0.717, 1.165) is 23.3 Å². The van der Waals surface area contributed by atoms with Crippen molar-refractivity contribution in [3.63, 3.8) is 0 Å². The molecule has 15 heavy (non-hydrogen) atoms. The molecule has 0 unspecified atom stereocenters. The fourth-order valence-electron chi connectivity index (χ4n) is 1.19. The first-order valence-corrected chi connectivity index (χ1v) is 5.99. The Labute approximate surface area is 93.8 Å². The Morgan fingerprint density at radius 2 is 2.20 bits per heavy atom. The summed E-state index contributed by atoms with van der Waals surface area (Å²) >= 11 is 1.63. The van der Waals surface area contributed by atoms with Crippen LogP contribution in [0.2, 0.25) is 0 Å². The molecule has 0 aliphatic rings. The highest BCUT2D eigenvalue weighted by Crippen LogP contribution is 2.15. The van der Waals surface area contributed by atoms with Gasteiger partial charge >= 0.3 is 0 Å².